The van der Waals surface area contributed by atoms with Crippen molar-refractivity contribution in [1.29, 1.82) is 0 Å². The number of nitrogens with zero attached hydrogens (tertiary/aromatic N) is 2. The minimum Gasteiger partial charge on any atom is -0.476 e. The van der Waals surface area contributed by atoms with Gasteiger partial charge in [0.15, 0.2) is 6.10 Å². The third kappa shape index (κ3) is 3.98. The molecule has 2 aromatic rings. The number of benzene rings is 2. The molecule has 29 heavy (non-hydrogen) atoms. The molecule has 2 heterocycles. The second-order valence-electron chi connectivity index (χ2n) is 7.70. The molecule has 2 aliphatic rings. The largest absolute Gasteiger partial charge is 0.476 e. The van der Waals surface area contributed by atoms with E-state index in [2.05, 4.69) is 13.8 Å². The fourth-order valence-corrected chi connectivity index (χ4v) is 3.71. The lowest BCUT2D eigenvalue weighted by Crippen LogP contribution is -2.54. The van der Waals surface area contributed by atoms with Gasteiger partial charge in [-0.05, 0) is 35.7 Å². The van der Waals surface area contributed by atoms with Crippen LogP contribution in [0.1, 0.15) is 35.7 Å². The molecule has 0 aliphatic carbocycles. The van der Waals surface area contributed by atoms with Crippen molar-refractivity contribution in [1.82, 2.24) is 4.90 Å². The van der Waals surface area contributed by atoms with Crippen molar-refractivity contribution in [2.24, 2.45) is 0 Å². The first-order valence-corrected chi connectivity index (χ1v) is 10.1. The quantitative estimate of drug-likeness (QED) is 0.803. The molecule has 0 unspecified atom stereocenters. The van der Waals surface area contributed by atoms with Crippen LogP contribution in [0.4, 0.5) is 5.69 Å². The second-order valence-corrected chi connectivity index (χ2v) is 7.70. The highest BCUT2D eigenvalue weighted by atomic mass is 16.5. The van der Waals surface area contributed by atoms with Crippen molar-refractivity contribution in [3.05, 3.63) is 59.7 Å². The van der Waals surface area contributed by atoms with Gasteiger partial charge in [-0.1, -0.05) is 38.1 Å². The number of carbonyl (C=O) groups is 2. The first kappa shape index (κ1) is 19.5. The van der Waals surface area contributed by atoms with E-state index in [1.54, 1.807) is 15.9 Å². The van der Waals surface area contributed by atoms with E-state index in [1.165, 1.54) is 5.56 Å². The van der Waals surface area contributed by atoms with Gasteiger partial charge in [-0.2, -0.15) is 0 Å². The first-order chi connectivity index (χ1) is 14.0. The maximum absolute atomic E-state index is 13.3. The van der Waals surface area contributed by atoms with Crippen LogP contribution >= 0.6 is 0 Å². The molecule has 1 saturated heterocycles. The van der Waals surface area contributed by atoms with Crippen molar-refractivity contribution < 1.29 is 19.1 Å². The molecule has 0 N–H and O–H groups in total. The fraction of sp³-hybridized carbons (Fsp3) is 0.391. The minimum absolute atomic E-state index is 0.101. The number of hydrogen-bond acceptors (Lipinski definition) is 4. The van der Waals surface area contributed by atoms with E-state index in [-0.39, 0.29) is 18.4 Å². The first-order valence-electron chi connectivity index (χ1n) is 10.1. The Balaban J connectivity index is 1.60. The molecule has 0 bridgehead atoms. The monoisotopic (exact) mass is 394 g/mol. The molecule has 1 fully saturated rings. The van der Waals surface area contributed by atoms with Crippen LogP contribution in [0.3, 0.4) is 0 Å². The lowest BCUT2D eigenvalue weighted by Gasteiger charge is -2.37. The molecule has 2 aromatic carbocycles. The van der Waals surface area contributed by atoms with E-state index in [4.69, 9.17) is 9.47 Å². The van der Waals surface area contributed by atoms with Gasteiger partial charge in [0.25, 0.3) is 11.8 Å². The average molecular weight is 394 g/mol. The van der Waals surface area contributed by atoms with Crippen molar-refractivity contribution in [3.8, 4) is 5.75 Å². The van der Waals surface area contributed by atoms with Crippen LogP contribution in [0.15, 0.2) is 48.5 Å². The standard InChI is InChI=1S/C23H26N2O4/c1-16(2)17-7-9-18(10-8-17)22(26)25-15-21(23(27)24-11-13-28-14-12-24)29-20-6-4-3-5-19(20)25/h3-10,16,21H,11-15H2,1-2H3/t21-/m1/s1. The van der Waals surface area contributed by atoms with Gasteiger partial charge < -0.3 is 19.3 Å². The van der Waals surface area contributed by atoms with E-state index in [1.807, 2.05) is 42.5 Å². The summed E-state index contributed by atoms with van der Waals surface area (Å²) in [5.41, 5.74) is 2.48. The highest BCUT2D eigenvalue weighted by Gasteiger charge is 2.36. The molecular weight excluding hydrogens is 368 g/mol. The Hall–Kier alpha value is -2.86. The number of rotatable bonds is 3. The Kier molecular flexibility index (Phi) is 5.53. The molecule has 2 amide bonds. The molecule has 0 saturated carbocycles. The lowest BCUT2D eigenvalue weighted by atomic mass is 10.0. The third-order valence-corrected chi connectivity index (χ3v) is 5.44. The zero-order valence-electron chi connectivity index (χ0n) is 16.8. The van der Waals surface area contributed by atoms with Crippen LogP contribution in [-0.4, -0.2) is 55.7 Å². The van der Waals surface area contributed by atoms with Crippen molar-refractivity contribution in [3.63, 3.8) is 0 Å². The number of ether oxygens (including phenoxy) is 2. The van der Waals surface area contributed by atoms with Gasteiger partial charge in [0.2, 0.25) is 0 Å². The maximum atomic E-state index is 13.3. The minimum atomic E-state index is -0.720. The van der Waals surface area contributed by atoms with Crippen molar-refractivity contribution in [2.45, 2.75) is 25.9 Å². The Morgan fingerprint density at radius 2 is 1.69 bits per heavy atom. The number of fused-ring (bicyclic) bond motifs is 1. The second kappa shape index (κ2) is 8.25. The van der Waals surface area contributed by atoms with Gasteiger partial charge in [-0.15, -0.1) is 0 Å². The molecule has 0 aromatic heterocycles. The number of morpholine rings is 1. The molecule has 6 nitrogen and oxygen atoms in total. The Morgan fingerprint density at radius 1 is 1.00 bits per heavy atom. The summed E-state index contributed by atoms with van der Waals surface area (Å²) in [6.07, 6.45) is -0.720. The fourth-order valence-electron chi connectivity index (χ4n) is 3.71. The zero-order valence-corrected chi connectivity index (χ0v) is 16.8. The number of anilines is 1. The topological polar surface area (TPSA) is 59.1 Å². The number of para-hydroxylation sites is 2. The third-order valence-electron chi connectivity index (χ3n) is 5.44. The summed E-state index contributed by atoms with van der Waals surface area (Å²) in [6.45, 7) is 6.58. The summed E-state index contributed by atoms with van der Waals surface area (Å²) in [6, 6.07) is 15.1. The van der Waals surface area contributed by atoms with Crippen LogP contribution in [0.2, 0.25) is 0 Å². The lowest BCUT2D eigenvalue weighted by molar-refractivity contribution is -0.142. The summed E-state index contributed by atoms with van der Waals surface area (Å²) < 4.78 is 11.3. The molecule has 0 spiro atoms. The van der Waals surface area contributed by atoms with E-state index >= 15 is 0 Å². The Bertz CT molecular complexity index is 888. The summed E-state index contributed by atoms with van der Waals surface area (Å²) in [5, 5.41) is 0. The molecular formula is C23H26N2O4. The highest BCUT2D eigenvalue weighted by Crippen LogP contribution is 2.34. The SMILES string of the molecule is CC(C)c1ccc(C(=O)N2C[C@H](C(=O)N3CCOCC3)Oc3ccccc32)cc1. The van der Waals surface area contributed by atoms with E-state index in [9.17, 15) is 9.59 Å². The number of carbonyl (C=O) groups excluding carboxylic acids is 2. The van der Waals surface area contributed by atoms with E-state index in [0.717, 1.165) is 0 Å². The predicted molar refractivity (Wildman–Crippen MR) is 110 cm³/mol. The van der Waals surface area contributed by atoms with Crippen LogP contribution < -0.4 is 9.64 Å². The van der Waals surface area contributed by atoms with Crippen LogP contribution in [0.5, 0.6) is 5.75 Å². The van der Waals surface area contributed by atoms with Crippen LogP contribution in [-0.2, 0) is 9.53 Å². The Labute approximate surface area is 171 Å². The van der Waals surface area contributed by atoms with Crippen molar-refractivity contribution >= 4 is 17.5 Å². The molecule has 4 rings (SSSR count). The van der Waals surface area contributed by atoms with Crippen LogP contribution in [0.25, 0.3) is 0 Å². The van der Waals surface area contributed by atoms with Crippen LogP contribution in [0, 0.1) is 0 Å². The normalized spacial score (nSPS) is 18.9. The van der Waals surface area contributed by atoms with Crippen molar-refractivity contribution in [2.75, 3.05) is 37.7 Å². The maximum Gasteiger partial charge on any atom is 0.265 e. The summed E-state index contributed by atoms with van der Waals surface area (Å²) in [5.74, 6) is 0.725. The molecule has 152 valence electrons. The molecule has 1 atom stereocenters. The zero-order chi connectivity index (χ0) is 20.4. The average Bonchev–Trinajstić information content (AvgIpc) is 2.78. The molecule has 2 aliphatic heterocycles. The highest BCUT2D eigenvalue weighted by molar-refractivity contribution is 6.07. The van der Waals surface area contributed by atoms with Gasteiger partial charge in [-0.3, -0.25) is 9.59 Å². The van der Waals surface area contributed by atoms with E-state index < -0.39 is 6.10 Å². The van der Waals surface area contributed by atoms with Gasteiger partial charge in [0.1, 0.15) is 5.75 Å². The van der Waals surface area contributed by atoms with E-state index in [0.29, 0.717) is 49.2 Å². The van der Waals surface area contributed by atoms with Gasteiger partial charge in [0.05, 0.1) is 25.4 Å². The smallest absolute Gasteiger partial charge is 0.265 e. The summed E-state index contributed by atoms with van der Waals surface area (Å²) >= 11 is 0. The van der Waals surface area contributed by atoms with Gasteiger partial charge in [0, 0.05) is 18.7 Å². The number of hydrogen-bond donors (Lipinski definition) is 0. The molecule has 0 radical (unpaired) electrons. The predicted octanol–water partition coefficient (Wildman–Crippen LogP) is 3.08. The number of amides is 2. The Morgan fingerprint density at radius 3 is 2.38 bits per heavy atom. The summed E-state index contributed by atoms with van der Waals surface area (Å²) in [7, 11) is 0. The molecule has 6 heteroatoms. The van der Waals surface area contributed by atoms with Gasteiger partial charge >= 0.3 is 0 Å². The summed E-state index contributed by atoms with van der Waals surface area (Å²) in [4.78, 5) is 29.7. The van der Waals surface area contributed by atoms with Gasteiger partial charge in [-0.25, -0.2) is 0 Å².